The zero-order valence-corrected chi connectivity index (χ0v) is 7.03. The van der Waals surface area contributed by atoms with E-state index in [0.29, 0.717) is 0 Å². The molecular formula is C9H12N3. The maximum Gasteiger partial charge on any atom is 0.147 e. The summed E-state index contributed by atoms with van der Waals surface area (Å²) in [6.45, 7) is 2.24. The van der Waals surface area contributed by atoms with Crippen LogP contribution in [-0.2, 0) is 0 Å². The van der Waals surface area contributed by atoms with E-state index in [-0.39, 0.29) is 0 Å². The minimum atomic E-state index is 0.970. The molecule has 0 atom stereocenters. The van der Waals surface area contributed by atoms with Crippen molar-refractivity contribution in [3.63, 3.8) is 0 Å². The molecule has 63 valence electrons. The largest absolute Gasteiger partial charge is 0.355 e. The number of hydrogen-bond acceptors (Lipinski definition) is 3. The molecule has 1 saturated heterocycles. The van der Waals surface area contributed by atoms with Gasteiger partial charge in [-0.1, -0.05) is 0 Å². The van der Waals surface area contributed by atoms with Crippen LogP contribution in [0.25, 0.3) is 0 Å². The summed E-state index contributed by atoms with van der Waals surface area (Å²) >= 11 is 0. The smallest absolute Gasteiger partial charge is 0.147 e. The second-order valence-corrected chi connectivity index (χ2v) is 3.05. The van der Waals surface area contributed by atoms with Gasteiger partial charge >= 0.3 is 0 Å². The average molecular weight is 162 g/mol. The first kappa shape index (κ1) is 7.53. The van der Waals surface area contributed by atoms with Crippen LogP contribution < -0.4 is 4.90 Å². The number of anilines is 1. The zero-order valence-electron chi connectivity index (χ0n) is 7.03. The monoisotopic (exact) mass is 162 g/mol. The van der Waals surface area contributed by atoms with Crippen LogP contribution in [-0.4, -0.2) is 23.1 Å². The van der Waals surface area contributed by atoms with Gasteiger partial charge in [0.05, 0.1) is 12.4 Å². The van der Waals surface area contributed by atoms with Crippen molar-refractivity contribution in [2.75, 3.05) is 18.0 Å². The van der Waals surface area contributed by atoms with E-state index in [2.05, 4.69) is 21.1 Å². The van der Waals surface area contributed by atoms with Crippen molar-refractivity contribution in [1.29, 1.82) is 0 Å². The highest BCUT2D eigenvalue weighted by Crippen LogP contribution is 2.14. The molecule has 12 heavy (non-hydrogen) atoms. The lowest BCUT2D eigenvalue weighted by atomic mass is 10.1. The molecule has 1 aliphatic heterocycles. The van der Waals surface area contributed by atoms with Gasteiger partial charge in [-0.25, -0.2) is 4.98 Å². The van der Waals surface area contributed by atoms with Crippen LogP contribution in [0.1, 0.15) is 19.3 Å². The number of aromatic nitrogens is 2. The van der Waals surface area contributed by atoms with Crippen LogP contribution in [0.3, 0.4) is 0 Å². The molecule has 0 aliphatic carbocycles. The Morgan fingerprint density at radius 1 is 1.25 bits per heavy atom. The van der Waals surface area contributed by atoms with Gasteiger partial charge in [-0.2, -0.15) is 0 Å². The molecule has 0 aromatic carbocycles. The van der Waals surface area contributed by atoms with Gasteiger partial charge in [0.25, 0.3) is 0 Å². The van der Waals surface area contributed by atoms with Crippen LogP contribution in [0.15, 0.2) is 12.4 Å². The number of rotatable bonds is 1. The fourth-order valence-corrected chi connectivity index (χ4v) is 1.54. The van der Waals surface area contributed by atoms with Gasteiger partial charge in [-0.3, -0.25) is 4.98 Å². The summed E-state index contributed by atoms with van der Waals surface area (Å²) in [5.41, 5.74) is 0. The summed E-state index contributed by atoms with van der Waals surface area (Å²) < 4.78 is 0. The van der Waals surface area contributed by atoms with E-state index < -0.39 is 0 Å². The quantitative estimate of drug-likeness (QED) is 0.622. The normalized spacial score (nSPS) is 17.8. The Balaban J connectivity index is 2.08. The van der Waals surface area contributed by atoms with Gasteiger partial charge in [0, 0.05) is 13.1 Å². The first-order valence-electron chi connectivity index (χ1n) is 4.40. The molecule has 1 aromatic rings. The summed E-state index contributed by atoms with van der Waals surface area (Å²) in [5, 5.41) is 0. The highest BCUT2D eigenvalue weighted by Gasteiger charge is 2.10. The number of piperidine rings is 1. The summed E-state index contributed by atoms with van der Waals surface area (Å²) in [7, 11) is 0. The van der Waals surface area contributed by atoms with Crippen LogP contribution >= 0.6 is 0 Å². The first-order chi connectivity index (χ1) is 5.97. The van der Waals surface area contributed by atoms with Crippen LogP contribution in [0.5, 0.6) is 0 Å². The van der Waals surface area contributed by atoms with Crippen molar-refractivity contribution in [2.24, 2.45) is 0 Å². The molecule has 3 heteroatoms. The van der Waals surface area contributed by atoms with Gasteiger partial charge in [0.15, 0.2) is 0 Å². The van der Waals surface area contributed by atoms with E-state index in [4.69, 9.17) is 0 Å². The summed E-state index contributed by atoms with van der Waals surface area (Å²) in [6, 6.07) is 0. The topological polar surface area (TPSA) is 29.0 Å². The molecule has 0 unspecified atom stereocenters. The average Bonchev–Trinajstić information content (AvgIpc) is 2.21. The maximum atomic E-state index is 4.14. The van der Waals surface area contributed by atoms with Crippen molar-refractivity contribution in [2.45, 2.75) is 19.3 Å². The van der Waals surface area contributed by atoms with E-state index in [9.17, 15) is 0 Å². The maximum absolute atomic E-state index is 4.14. The third-order valence-corrected chi connectivity index (χ3v) is 2.18. The number of nitrogens with zero attached hydrogens (tertiary/aromatic N) is 3. The van der Waals surface area contributed by atoms with Gasteiger partial charge in [-0.05, 0) is 19.3 Å². The van der Waals surface area contributed by atoms with Gasteiger partial charge in [-0.15, -0.1) is 0 Å². The zero-order chi connectivity index (χ0) is 8.23. The fraction of sp³-hybridized carbons (Fsp3) is 0.556. The molecule has 0 N–H and O–H groups in total. The van der Waals surface area contributed by atoms with Crippen molar-refractivity contribution < 1.29 is 0 Å². The lowest BCUT2D eigenvalue weighted by Gasteiger charge is -2.26. The van der Waals surface area contributed by atoms with E-state index in [1.54, 1.807) is 6.20 Å². The van der Waals surface area contributed by atoms with Crippen molar-refractivity contribution in [3.8, 4) is 0 Å². The molecule has 1 fully saturated rings. The van der Waals surface area contributed by atoms with E-state index in [1.807, 2.05) is 6.20 Å². The SMILES string of the molecule is [c]1cncc(N2CCCCC2)n1. The Labute approximate surface area is 72.4 Å². The molecule has 0 bridgehead atoms. The molecule has 1 aromatic heterocycles. The van der Waals surface area contributed by atoms with Crippen molar-refractivity contribution in [3.05, 3.63) is 18.6 Å². The van der Waals surface area contributed by atoms with Crippen molar-refractivity contribution >= 4 is 5.82 Å². The molecular weight excluding hydrogens is 150 g/mol. The molecule has 1 aliphatic rings. The molecule has 0 saturated carbocycles. The van der Waals surface area contributed by atoms with Gasteiger partial charge < -0.3 is 4.90 Å². The van der Waals surface area contributed by atoms with Gasteiger partial charge in [0.1, 0.15) is 12.0 Å². The standard InChI is InChI=1S/C9H12N3/c1-2-6-12(7-3-1)9-8-10-4-5-11-9/h4,8H,1-3,6-7H2. The molecule has 1 radical (unpaired) electrons. The summed E-state index contributed by atoms with van der Waals surface area (Å²) in [5.74, 6) is 0.970. The summed E-state index contributed by atoms with van der Waals surface area (Å²) in [4.78, 5) is 10.4. The Kier molecular flexibility index (Phi) is 2.21. The lowest BCUT2D eigenvalue weighted by molar-refractivity contribution is 0.572. The second-order valence-electron chi connectivity index (χ2n) is 3.05. The Bertz CT molecular complexity index is 229. The Hall–Kier alpha value is -1.12. The summed E-state index contributed by atoms with van der Waals surface area (Å²) in [6.07, 6.45) is 10.1. The predicted molar refractivity (Wildman–Crippen MR) is 46.9 cm³/mol. The third-order valence-electron chi connectivity index (χ3n) is 2.18. The predicted octanol–water partition coefficient (Wildman–Crippen LogP) is 1.27. The minimum Gasteiger partial charge on any atom is -0.355 e. The lowest BCUT2D eigenvalue weighted by Crippen LogP contribution is -2.30. The van der Waals surface area contributed by atoms with Crippen LogP contribution in [0, 0.1) is 6.20 Å². The highest BCUT2D eigenvalue weighted by atomic mass is 15.2. The van der Waals surface area contributed by atoms with E-state index >= 15 is 0 Å². The molecule has 2 rings (SSSR count). The third kappa shape index (κ3) is 1.55. The van der Waals surface area contributed by atoms with Crippen molar-refractivity contribution in [1.82, 2.24) is 9.97 Å². The first-order valence-corrected chi connectivity index (χ1v) is 4.40. The van der Waals surface area contributed by atoms with E-state index in [0.717, 1.165) is 18.9 Å². The molecule has 0 spiro atoms. The van der Waals surface area contributed by atoms with Crippen LogP contribution in [0.2, 0.25) is 0 Å². The fourth-order valence-electron chi connectivity index (χ4n) is 1.54. The molecule has 0 amide bonds. The molecule has 2 heterocycles. The minimum absolute atomic E-state index is 0.970. The number of hydrogen-bond donors (Lipinski definition) is 0. The molecule has 3 nitrogen and oxygen atoms in total. The Morgan fingerprint density at radius 2 is 2.08 bits per heavy atom. The highest BCUT2D eigenvalue weighted by molar-refractivity contribution is 5.34. The van der Waals surface area contributed by atoms with Gasteiger partial charge in [0.2, 0.25) is 0 Å². The Morgan fingerprint density at radius 3 is 2.75 bits per heavy atom. The van der Waals surface area contributed by atoms with Crippen LogP contribution in [0.4, 0.5) is 5.82 Å². The second kappa shape index (κ2) is 3.52. The van der Waals surface area contributed by atoms with E-state index in [1.165, 1.54) is 19.3 Å².